The Balaban J connectivity index is 1.29. The molecule has 5 rings (SSSR count). The summed E-state index contributed by atoms with van der Waals surface area (Å²) in [5.74, 6) is 0.684. The molecule has 3 heterocycles. The van der Waals surface area contributed by atoms with Crippen molar-refractivity contribution in [3.05, 3.63) is 76.6 Å². The number of aromatic nitrogens is 2. The van der Waals surface area contributed by atoms with Crippen LogP contribution in [0.5, 0.6) is 0 Å². The maximum atomic E-state index is 14.4. The zero-order valence-corrected chi connectivity index (χ0v) is 19.8. The number of piperidine rings is 1. The maximum absolute atomic E-state index is 14.4. The van der Waals surface area contributed by atoms with Crippen molar-refractivity contribution in [2.45, 2.75) is 25.7 Å². The fourth-order valence-corrected chi connectivity index (χ4v) is 5.44. The molecule has 0 atom stereocenters. The molecule has 0 saturated carbocycles. The molecular weight excluding hydrogens is 455 g/mol. The minimum Gasteiger partial charge on any atom is -0.360 e. The van der Waals surface area contributed by atoms with E-state index in [-0.39, 0.29) is 5.82 Å². The van der Waals surface area contributed by atoms with Gasteiger partial charge in [-0.2, -0.15) is 0 Å². The molecule has 8 heteroatoms. The van der Waals surface area contributed by atoms with Crippen molar-refractivity contribution in [1.82, 2.24) is 15.0 Å². The van der Waals surface area contributed by atoms with Crippen LogP contribution in [0.4, 0.5) is 10.1 Å². The number of nitrogens with zero attached hydrogens (tertiary/aromatic N) is 3. The smallest absolute Gasteiger partial charge is 0.173 e. The molecule has 0 spiro atoms. The highest BCUT2D eigenvalue weighted by Crippen LogP contribution is 2.38. The average molecular weight is 479 g/mol. The summed E-state index contributed by atoms with van der Waals surface area (Å²) in [6.07, 6.45) is 1.96. The maximum Gasteiger partial charge on any atom is 0.173 e. The number of hydrogen-bond donors (Lipinski definition) is 1. The van der Waals surface area contributed by atoms with E-state index in [9.17, 15) is 4.39 Å². The number of anilines is 1. The summed E-state index contributed by atoms with van der Waals surface area (Å²) in [5, 5.41) is 11.3. The summed E-state index contributed by atoms with van der Waals surface area (Å²) < 4.78 is 19.8. The summed E-state index contributed by atoms with van der Waals surface area (Å²) in [5.41, 5.74) is 3.47. The first-order valence-electron chi connectivity index (χ1n) is 10.9. The van der Waals surface area contributed by atoms with E-state index in [4.69, 9.17) is 21.7 Å². The van der Waals surface area contributed by atoms with Crippen LogP contribution in [0.1, 0.15) is 29.5 Å². The van der Waals surface area contributed by atoms with Gasteiger partial charge in [0.25, 0.3) is 0 Å². The topological polar surface area (TPSA) is 54.2 Å². The van der Waals surface area contributed by atoms with Gasteiger partial charge in [0, 0.05) is 35.6 Å². The largest absolute Gasteiger partial charge is 0.360 e. The van der Waals surface area contributed by atoms with Crippen molar-refractivity contribution < 1.29 is 8.91 Å². The molecule has 0 aliphatic carbocycles. The highest BCUT2D eigenvalue weighted by atomic mass is 32.1. The number of rotatable bonds is 4. The van der Waals surface area contributed by atoms with Gasteiger partial charge in [-0.05, 0) is 56.2 Å². The third-order valence-corrected chi connectivity index (χ3v) is 7.29. The highest BCUT2D eigenvalue weighted by molar-refractivity contribution is 7.80. The van der Waals surface area contributed by atoms with Crippen LogP contribution in [0, 0.1) is 12.7 Å². The van der Waals surface area contributed by atoms with Crippen LogP contribution in [-0.4, -0.2) is 33.2 Å². The number of likely N-dealkylation sites (tertiary alicyclic amines) is 1. The number of thiocarbonyl (C=S) groups is 1. The van der Waals surface area contributed by atoms with Crippen LogP contribution >= 0.6 is 23.6 Å². The van der Waals surface area contributed by atoms with E-state index in [0.29, 0.717) is 22.9 Å². The van der Waals surface area contributed by atoms with Gasteiger partial charge in [0.15, 0.2) is 5.11 Å². The lowest BCUT2D eigenvalue weighted by Gasteiger charge is -2.33. The Hall–Kier alpha value is -3.10. The van der Waals surface area contributed by atoms with Gasteiger partial charge in [-0.3, -0.25) is 0 Å². The van der Waals surface area contributed by atoms with E-state index in [1.165, 1.54) is 6.07 Å². The third-order valence-electron chi connectivity index (χ3n) is 5.93. The van der Waals surface area contributed by atoms with E-state index in [2.05, 4.69) is 15.4 Å². The first kappa shape index (κ1) is 21.7. The van der Waals surface area contributed by atoms with Crippen LogP contribution in [0.3, 0.4) is 0 Å². The van der Waals surface area contributed by atoms with Gasteiger partial charge in [-0.1, -0.05) is 35.5 Å². The van der Waals surface area contributed by atoms with E-state index in [1.54, 1.807) is 29.5 Å². The Morgan fingerprint density at radius 2 is 1.85 bits per heavy atom. The van der Waals surface area contributed by atoms with Crippen LogP contribution in [0.25, 0.3) is 22.5 Å². The van der Waals surface area contributed by atoms with Crippen molar-refractivity contribution in [3.63, 3.8) is 0 Å². The highest BCUT2D eigenvalue weighted by Gasteiger charge is 2.26. The molecule has 5 nitrogen and oxygen atoms in total. The number of nitrogens with one attached hydrogen (secondary N) is 1. The Kier molecular flexibility index (Phi) is 6.20. The predicted molar refractivity (Wildman–Crippen MR) is 134 cm³/mol. The van der Waals surface area contributed by atoms with Gasteiger partial charge in [-0.25, -0.2) is 9.37 Å². The molecule has 1 fully saturated rings. The first-order chi connectivity index (χ1) is 16.1. The fraction of sp³-hybridized carbons (Fsp3) is 0.240. The number of aryl methyl sites for hydroxylation is 1. The van der Waals surface area contributed by atoms with E-state index in [0.717, 1.165) is 53.0 Å². The molecule has 2 aromatic heterocycles. The second-order valence-corrected chi connectivity index (χ2v) is 9.35. The zero-order valence-electron chi connectivity index (χ0n) is 18.1. The number of para-hydroxylation sites is 1. The molecule has 2 aromatic carbocycles. The number of thiazole rings is 1. The molecule has 1 aliphatic heterocycles. The second-order valence-electron chi connectivity index (χ2n) is 8.07. The molecule has 168 valence electrons. The Morgan fingerprint density at radius 3 is 2.61 bits per heavy atom. The minimum absolute atomic E-state index is 0.324. The lowest BCUT2D eigenvalue weighted by molar-refractivity contribution is 0.316. The van der Waals surface area contributed by atoms with Gasteiger partial charge in [0.2, 0.25) is 0 Å². The van der Waals surface area contributed by atoms with Gasteiger partial charge in [-0.15, -0.1) is 11.3 Å². The van der Waals surface area contributed by atoms with E-state index in [1.807, 2.05) is 42.6 Å². The minimum atomic E-state index is -0.324. The molecule has 1 aliphatic rings. The predicted octanol–water partition coefficient (Wildman–Crippen LogP) is 6.49. The van der Waals surface area contributed by atoms with Crippen LogP contribution < -0.4 is 5.32 Å². The molecule has 0 radical (unpaired) electrons. The van der Waals surface area contributed by atoms with Crippen LogP contribution in [0.2, 0.25) is 0 Å². The Labute approximate surface area is 201 Å². The summed E-state index contributed by atoms with van der Waals surface area (Å²) in [6.45, 7) is 3.60. The van der Waals surface area contributed by atoms with E-state index < -0.39 is 0 Å². The van der Waals surface area contributed by atoms with Crippen LogP contribution in [-0.2, 0) is 0 Å². The van der Waals surface area contributed by atoms with Gasteiger partial charge >= 0.3 is 0 Å². The van der Waals surface area contributed by atoms with Crippen molar-refractivity contribution in [3.8, 4) is 22.5 Å². The molecular formula is C25H23FN4OS2. The molecule has 33 heavy (non-hydrogen) atoms. The molecule has 0 amide bonds. The first-order valence-corrected chi connectivity index (χ1v) is 12.2. The normalized spacial score (nSPS) is 14.4. The number of halogens is 1. The molecule has 1 saturated heterocycles. The van der Waals surface area contributed by atoms with Gasteiger partial charge in [0.1, 0.15) is 17.3 Å². The summed E-state index contributed by atoms with van der Waals surface area (Å²) in [4.78, 5) is 7.14. The van der Waals surface area contributed by atoms with E-state index >= 15 is 0 Å². The van der Waals surface area contributed by atoms with Crippen molar-refractivity contribution in [2.75, 3.05) is 18.4 Å². The van der Waals surface area contributed by atoms with Crippen molar-refractivity contribution >= 4 is 34.4 Å². The molecule has 1 N–H and O–H groups in total. The average Bonchev–Trinajstić information content (AvgIpc) is 3.47. The third kappa shape index (κ3) is 4.54. The standard InChI is InChI=1S/C25H23FN4OS2/c1-16-22(23(29-31-16)19-9-5-6-10-20(19)26)21-15-33-24(28-21)17-11-13-30(14-12-17)25(32)27-18-7-3-2-4-8-18/h2-10,15,17H,11-14H2,1H3,(H,27,32). The summed E-state index contributed by atoms with van der Waals surface area (Å²) in [7, 11) is 0. The molecule has 0 bridgehead atoms. The lowest BCUT2D eigenvalue weighted by atomic mass is 9.97. The Bertz CT molecular complexity index is 1260. The fourth-order valence-electron chi connectivity index (χ4n) is 4.15. The monoisotopic (exact) mass is 478 g/mol. The van der Waals surface area contributed by atoms with Crippen LogP contribution in [0.15, 0.2) is 64.5 Å². The SMILES string of the molecule is Cc1onc(-c2ccccc2F)c1-c1csc(C2CCN(C(=S)Nc3ccccc3)CC2)n1. The van der Waals surface area contributed by atoms with Crippen molar-refractivity contribution in [2.24, 2.45) is 0 Å². The summed E-state index contributed by atoms with van der Waals surface area (Å²) >= 11 is 7.25. The number of benzene rings is 2. The molecule has 4 aromatic rings. The summed E-state index contributed by atoms with van der Waals surface area (Å²) in [6, 6.07) is 16.6. The van der Waals surface area contributed by atoms with Gasteiger partial charge < -0.3 is 14.7 Å². The Morgan fingerprint density at radius 1 is 1.12 bits per heavy atom. The molecule has 0 unspecified atom stereocenters. The zero-order chi connectivity index (χ0) is 22.8. The quantitative estimate of drug-likeness (QED) is 0.339. The lowest BCUT2D eigenvalue weighted by Crippen LogP contribution is -2.40. The van der Waals surface area contributed by atoms with Gasteiger partial charge in [0.05, 0.1) is 16.3 Å². The van der Waals surface area contributed by atoms with Crippen molar-refractivity contribution in [1.29, 1.82) is 0 Å². The second kappa shape index (κ2) is 9.41. The number of hydrogen-bond acceptors (Lipinski definition) is 5.